The van der Waals surface area contributed by atoms with Gasteiger partial charge in [0, 0.05) is 24.6 Å². The molecule has 0 amide bonds. The molecule has 0 radical (unpaired) electrons. The third-order valence-corrected chi connectivity index (χ3v) is 3.45. The molecule has 0 atom stereocenters. The summed E-state index contributed by atoms with van der Waals surface area (Å²) in [4.78, 5) is 7.48. The molecule has 0 bridgehead atoms. The molecular weight excluding hydrogens is 304 g/mol. The standard InChI is InChI=1S/C12H11ClN2O4S/c1-18-8-3-4-10(9(13)7-8)19-11-5-6-14-12(15-11)20(2,16)17/h3-7H,1-2H3. The summed E-state index contributed by atoms with van der Waals surface area (Å²) in [6, 6.07) is 6.29. The lowest BCUT2D eigenvalue weighted by atomic mass is 10.3. The van der Waals surface area contributed by atoms with E-state index in [1.54, 1.807) is 18.2 Å². The smallest absolute Gasteiger partial charge is 0.250 e. The summed E-state index contributed by atoms with van der Waals surface area (Å²) in [7, 11) is -1.97. The molecule has 0 fully saturated rings. The minimum absolute atomic E-state index is 0.0903. The van der Waals surface area contributed by atoms with Crippen LogP contribution in [-0.4, -0.2) is 31.8 Å². The van der Waals surface area contributed by atoms with E-state index in [1.165, 1.54) is 19.4 Å². The average molecular weight is 315 g/mol. The minimum atomic E-state index is -3.49. The largest absolute Gasteiger partial charge is 0.497 e. The number of sulfone groups is 1. The maximum absolute atomic E-state index is 11.4. The predicted molar refractivity (Wildman–Crippen MR) is 73.2 cm³/mol. The van der Waals surface area contributed by atoms with E-state index in [0.717, 1.165) is 6.26 Å². The summed E-state index contributed by atoms with van der Waals surface area (Å²) < 4.78 is 33.2. The van der Waals surface area contributed by atoms with Crippen molar-refractivity contribution in [2.45, 2.75) is 5.16 Å². The number of benzene rings is 1. The van der Waals surface area contributed by atoms with Gasteiger partial charge in [0.05, 0.1) is 12.1 Å². The molecule has 0 N–H and O–H groups in total. The Hall–Kier alpha value is -1.86. The first-order valence-electron chi connectivity index (χ1n) is 5.44. The van der Waals surface area contributed by atoms with Gasteiger partial charge in [0.1, 0.15) is 11.5 Å². The van der Waals surface area contributed by atoms with Crippen LogP contribution in [0.25, 0.3) is 0 Å². The summed E-state index contributed by atoms with van der Waals surface area (Å²) in [5, 5.41) is 0.0171. The summed E-state index contributed by atoms with van der Waals surface area (Å²) in [5.74, 6) is 1.01. The van der Waals surface area contributed by atoms with Crippen molar-refractivity contribution < 1.29 is 17.9 Å². The number of halogens is 1. The van der Waals surface area contributed by atoms with Gasteiger partial charge in [-0.05, 0) is 12.1 Å². The van der Waals surface area contributed by atoms with Crippen molar-refractivity contribution in [2.75, 3.05) is 13.4 Å². The van der Waals surface area contributed by atoms with Crippen LogP contribution in [0.4, 0.5) is 0 Å². The Morgan fingerprint density at radius 1 is 1.25 bits per heavy atom. The third-order valence-electron chi connectivity index (χ3n) is 2.29. The molecule has 0 spiro atoms. The van der Waals surface area contributed by atoms with E-state index in [4.69, 9.17) is 21.1 Å². The molecule has 20 heavy (non-hydrogen) atoms. The Kier molecular flexibility index (Phi) is 4.10. The lowest BCUT2D eigenvalue weighted by Gasteiger charge is -2.08. The second kappa shape index (κ2) is 5.64. The topological polar surface area (TPSA) is 78.4 Å². The number of methoxy groups -OCH3 is 1. The van der Waals surface area contributed by atoms with Crippen molar-refractivity contribution in [3.8, 4) is 17.4 Å². The van der Waals surface area contributed by atoms with E-state index in [0.29, 0.717) is 16.5 Å². The molecule has 6 nitrogen and oxygen atoms in total. The van der Waals surface area contributed by atoms with Gasteiger partial charge in [-0.25, -0.2) is 13.4 Å². The number of ether oxygens (including phenoxy) is 2. The zero-order valence-electron chi connectivity index (χ0n) is 10.7. The van der Waals surface area contributed by atoms with Gasteiger partial charge in [0.2, 0.25) is 20.9 Å². The van der Waals surface area contributed by atoms with Crippen LogP contribution >= 0.6 is 11.6 Å². The first-order valence-corrected chi connectivity index (χ1v) is 7.71. The van der Waals surface area contributed by atoms with Gasteiger partial charge in [-0.15, -0.1) is 0 Å². The van der Waals surface area contributed by atoms with Crippen LogP contribution in [0.1, 0.15) is 0 Å². The van der Waals surface area contributed by atoms with Crippen LogP contribution in [0.5, 0.6) is 17.4 Å². The number of rotatable bonds is 4. The predicted octanol–water partition coefficient (Wildman–Crippen LogP) is 2.33. The summed E-state index contributed by atoms with van der Waals surface area (Å²) in [5.41, 5.74) is 0. The lowest BCUT2D eigenvalue weighted by molar-refractivity contribution is 0.412. The Morgan fingerprint density at radius 3 is 2.60 bits per heavy atom. The van der Waals surface area contributed by atoms with Crippen LogP contribution in [0.2, 0.25) is 5.02 Å². The maximum Gasteiger partial charge on any atom is 0.250 e. The van der Waals surface area contributed by atoms with Crippen molar-refractivity contribution in [3.05, 3.63) is 35.5 Å². The number of aromatic nitrogens is 2. The number of nitrogens with zero attached hydrogens (tertiary/aromatic N) is 2. The van der Waals surface area contributed by atoms with Crippen molar-refractivity contribution >= 4 is 21.4 Å². The van der Waals surface area contributed by atoms with Gasteiger partial charge < -0.3 is 9.47 Å². The van der Waals surface area contributed by atoms with E-state index in [1.807, 2.05) is 0 Å². The van der Waals surface area contributed by atoms with Crippen LogP contribution in [0.15, 0.2) is 35.6 Å². The SMILES string of the molecule is COc1ccc(Oc2ccnc(S(C)(=O)=O)n2)c(Cl)c1. The van der Waals surface area contributed by atoms with Gasteiger partial charge in [0.15, 0.2) is 0 Å². The monoisotopic (exact) mass is 314 g/mol. The molecule has 8 heteroatoms. The molecule has 0 saturated heterocycles. The van der Waals surface area contributed by atoms with Gasteiger partial charge in [-0.1, -0.05) is 11.6 Å². The van der Waals surface area contributed by atoms with E-state index >= 15 is 0 Å². The highest BCUT2D eigenvalue weighted by Gasteiger charge is 2.13. The van der Waals surface area contributed by atoms with Gasteiger partial charge in [-0.2, -0.15) is 4.98 Å². The molecule has 1 heterocycles. The van der Waals surface area contributed by atoms with Crippen molar-refractivity contribution in [3.63, 3.8) is 0 Å². The van der Waals surface area contributed by atoms with Crippen LogP contribution in [0, 0.1) is 0 Å². The summed E-state index contributed by atoms with van der Waals surface area (Å²) in [6.45, 7) is 0. The zero-order chi connectivity index (χ0) is 14.8. The Balaban J connectivity index is 2.31. The van der Waals surface area contributed by atoms with E-state index in [9.17, 15) is 8.42 Å². The van der Waals surface area contributed by atoms with Gasteiger partial charge in [-0.3, -0.25) is 0 Å². The van der Waals surface area contributed by atoms with E-state index in [2.05, 4.69) is 9.97 Å². The zero-order valence-corrected chi connectivity index (χ0v) is 12.3. The Morgan fingerprint density at radius 2 is 2.00 bits per heavy atom. The second-order valence-electron chi connectivity index (χ2n) is 3.85. The van der Waals surface area contributed by atoms with E-state index < -0.39 is 9.84 Å². The highest BCUT2D eigenvalue weighted by atomic mass is 35.5. The Labute approximate surface area is 121 Å². The fraction of sp³-hybridized carbons (Fsp3) is 0.167. The van der Waals surface area contributed by atoms with Crippen LogP contribution in [-0.2, 0) is 9.84 Å². The molecule has 1 aromatic carbocycles. The third kappa shape index (κ3) is 3.37. The Bertz CT molecular complexity index is 734. The first-order chi connectivity index (χ1) is 9.40. The first kappa shape index (κ1) is 14.5. The molecule has 0 aliphatic rings. The normalized spacial score (nSPS) is 11.2. The van der Waals surface area contributed by atoms with Crippen LogP contribution < -0.4 is 9.47 Å². The second-order valence-corrected chi connectivity index (χ2v) is 6.16. The van der Waals surface area contributed by atoms with Gasteiger partial charge in [0.25, 0.3) is 0 Å². The summed E-state index contributed by atoms with van der Waals surface area (Å²) in [6.07, 6.45) is 2.32. The van der Waals surface area contributed by atoms with Crippen molar-refractivity contribution in [1.29, 1.82) is 0 Å². The highest BCUT2D eigenvalue weighted by molar-refractivity contribution is 7.90. The quantitative estimate of drug-likeness (QED) is 0.806. The minimum Gasteiger partial charge on any atom is -0.497 e. The molecule has 106 valence electrons. The molecule has 0 aliphatic carbocycles. The average Bonchev–Trinajstić information content (AvgIpc) is 2.40. The fourth-order valence-electron chi connectivity index (χ4n) is 1.36. The van der Waals surface area contributed by atoms with Gasteiger partial charge >= 0.3 is 0 Å². The summed E-state index contributed by atoms with van der Waals surface area (Å²) >= 11 is 6.02. The van der Waals surface area contributed by atoms with Crippen molar-refractivity contribution in [2.24, 2.45) is 0 Å². The molecular formula is C12H11ClN2O4S. The lowest BCUT2D eigenvalue weighted by Crippen LogP contribution is -2.04. The fourth-order valence-corrected chi connectivity index (χ4v) is 2.08. The molecule has 0 saturated carbocycles. The number of hydrogen-bond acceptors (Lipinski definition) is 6. The molecule has 0 aliphatic heterocycles. The highest BCUT2D eigenvalue weighted by Crippen LogP contribution is 2.31. The van der Waals surface area contributed by atoms with Crippen LogP contribution in [0.3, 0.4) is 0 Å². The van der Waals surface area contributed by atoms with E-state index in [-0.39, 0.29) is 11.0 Å². The number of hydrogen-bond donors (Lipinski definition) is 0. The molecule has 2 rings (SSSR count). The molecule has 2 aromatic rings. The molecule has 0 unspecified atom stereocenters. The van der Waals surface area contributed by atoms with Crippen molar-refractivity contribution in [1.82, 2.24) is 9.97 Å². The molecule has 1 aromatic heterocycles. The maximum atomic E-state index is 11.4.